The minimum atomic E-state index is -1.19. The van der Waals surface area contributed by atoms with Crippen molar-refractivity contribution in [3.63, 3.8) is 0 Å². The predicted octanol–water partition coefficient (Wildman–Crippen LogP) is 0.121. The smallest absolute Gasteiger partial charge is 0.328 e. The third-order valence-electron chi connectivity index (χ3n) is 3.48. The van der Waals surface area contributed by atoms with Gasteiger partial charge in [-0.1, -0.05) is 36.9 Å². The van der Waals surface area contributed by atoms with Gasteiger partial charge in [-0.15, -0.1) is 0 Å². The van der Waals surface area contributed by atoms with Gasteiger partial charge < -0.3 is 20.1 Å². The number of carbonyl (C=O) groups is 4. The fraction of sp³-hybridized carbons (Fsp3) is 0.333. The molecular formula is C18H22N2O6. The maximum absolute atomic E-state index is 12.3. The summed E-state index contributed by atoms with van der Waals surface area (Å²) in [7, 11) is 2.36. The van der Waals surface area contributed by atoms with Crippen molar-refractivity contribution in [1.29, 1.82) is 0 Å². The summed E-state index contributed by atoms with van der Waals surface area (Å²) < 4.78 is 9.28. The number of hydrogen-bond donors (Lipinski definition) is 2. The molecule has 2 N–H and O–H groups in total. The van der Waals surface area contributed by atoms with E-state index in [2.05, 4.69) is 21.9 Å². The van der Waals surface area contributed by atoms with Gasteiger partial charge in [0.15, 0.2) is 0 Å². The summed E-state index contributed by atoms with van der Waals surface area (Å²) in [6.45, 7) is 3.28. The zero-order valence-electron chi connectivity index (χ0n) is 14.7. The van der Waals surface area contributed by atoms with Crippen LogP contribution in [0.1, 0.15) is 12.0 Å². The molecule has 2 amide bonds. The average Bonchev–Trinajstić information content (AvgIpc) is 2.66. The van der Waals surface area contributed by atoms with Crippen molar-refractivity contribution >= 4 is 23.8 Å². The molecule has 0 fully saturated rings. The predicted molar refractivity (Wildman–Crippen MR) is 92.9 cm³/mol. The van der Waals surface area contributed by atoms with E-state index in [1.54, 1.807) is 0 Å². The highest BCUT2D eigenvalue weighted by atomic mass is 16.5. The van der Waals surface area contributed by atoms with Gasteiger partial charge in [0.05, 0.1) is 20.6 Å². The number of carbonyl (C=O) groups excluding carboxylic acids is 4. The largest absolute Gasteiger partial charge is 0.467 e. The van der Waals surface area contributed by atoms with Gasteiger partial charge >= 0.3 is 11.9 Å². The molecule has 8 nitrogen and oxygen atoms in total. The Balaban J connectivity index is 2.80. The van der Waals surface area contributed by atoms with Crippen LogP contribution in [0.25, 0.3) is 0 Å². The number of ether oxygens (including phenoxy) is 2. The van der Waals surface area contributed by atoms with Gasteiger partial charge in [-0.25, -0.2) is 9.59 Å². The summed E-state index contributed by atoms with van der Waals surface area (Å²) in [6.07, 6.45) is 0.802. The first kappa shape index (κ1) is 20.9. The van der Waals surface area contributed by atoms with E-state index in [0.717, 1.165) is 18.7 Å². The lowest BCUT2D eigenvalue weighted by Crippen LogP contribution is -2.48. The second kappa shape index (κ2) is 10.7. The maximum atomic E-state index is 12.3. The monoisotopic (exact) mass is 362 g/mol. The summed E-state index contributed by atoms with van der Waals surface area (Å²) in [5.41, 5.74) is 0.827. The van der Waals surface area contributed by atoms with Crippen LogP contribution in [0.5, 0.6) is 0 Å². The zero-order valence-corrected chi connectivity index (χ0v) is 14.7. The van der Waals surface area contributed by atoms with Crippen molar-refractivity contribution < 1.29 is 28.7 Å². The van der Waals surface area contributed by atoms with Crippen LogP contribution in [0, 0.1) is 0 Å². The van der Waals surface area contributed by atoms with E-state index in [0.29, 0.717) is 0 Å². The van der Waals surface area contributed by atoms with E-state index in [1.165, 1.54) is 7.11 Å². The van der Waals surface area contributed by atoms with E-state index < -0.39 is 42.3 Å². The number of esters is 2. The van der Waals surface area contributed by atoms with E-state index >= 15 is 0 Å². The van der Waals surface area contributed by atoms with Crippen molar-refractivity contribution in [1.82, 2.24) is 10.6 Å². The van der Waals surface area contributed by atoms with E-state index in [-0.39, 0.29) is 6.42 Å². The van der Waals surface area contributed by atoms with Crippen molar-refractivity contribution in [3.05, 3.63) is 48.6 Å². The van der Waals surface area contributed by atoms with Crippen molar-refractivity contribution in [2.45, 2.75) is 24.9 Å². The lowest BCUT2D eigenvalue weighted by Gasteiger charge is -2.19. The van der Waals surface area contributed by atoms with Gasteiger partial charge in [0.2, 0.25) is 11.8 Å². The molecule has 0 spiro atoms. The average molecular weight is 362 g/mol. The number of nitrogens with one attached hydrogen (secondary N) is 2. The summed E-state index contributed by atoms with van der Waals surface area (Å²) in [6, 6.07) is 6.95. The highest BCUT2D eigenvalue weighted by Gasteiger charge is 2.27. The van der Waals surface area contributed by atoms with Crippen LogP contribution in [0.2, 0.25) is 0 Å². The molecule has 1 rings (SSSR count). The van der Waals surface area contributed by atoms with Crippen LogP contribution in [0.15, 0.2) is 43.0 Å². The van der Waals surface area contributed by atoms with Crippen LogP contribution < -0.4 is 10.6 Å². The number of rotatable bonds is 9. The lowest BCUT2D eigenvalue weighted by molar-refractivity contribution is -0.147. The zero-order chi connectivity index (χ0) is 19.5. The number of hydrogen-bond acceptors (Lipinski definition) is 6. The Kier molecular flexibility index (Phi) is 8.56. The van der Waals surface area contributed by atoms with Gasteiger partial charge in [0.25, 0.3) is 0 Å². The third-order valence-corrected chi connectivity index (χ3v) is 3.48. The first-order chi connectivity index (χ1) is 12.4. The van der Waals surface area contributed by atoms with Crippen LogP contribution in [0.4, 0.5) is 0 Å². The minimum absolute atomic E-state index is 0.223. The SMILES string of the molecule is C=CC(=O)N[C@@H](CC(=O)N[C@@H](Cc1ccccc1)C(=O)OC)C(=O)OC. The normalized spacial score (nSPS) is 12.2. The molecule has 0 radical (unpaired) electrons. The van der Waals surface area contributed by atoms with Gasteiger partial charge in [-0.05, 0) is 11.6 Å². The fourth-order valence-electron chi connectivity index (χ4n) is 2.19. The Morgan fingerprint density at radius 3 is 2.12 bits per heavy atom. The molecule has 0 saturated carbocycles. The first-order valence-corrected chi connectivity index (χ1v) is 7.83. The Hall–Kier alpha value is -3.16. The molecule has 0 bridgehead atoms. The lowest BCUT2D eigenvalue weighted by atomic mass is 10.1. The van der Waals surface area contributed by atoms with Crippen LogP contribution in [-0.2, 0) is 35.1 Å². The quantitative estimate of drug-likeness (QED) is 0.477. The number of benzene rings is 1. The van der Waals surface area contributed by atoms with Gasteiger partial charge in [-0.2, -0.15) is 0 Å². The van der Waals surface area contributed by atoms with Crippen molar-refractivity contribution in [3.8, 4) is 0 Å². The molecule has 0 unspecified atom stereocenters. The summed E-state index contributed by atoms with van der Waals surface area (Å²) in [5.74, 6) is -2.64. The molecule has 2 atom stereocenters. The highest BCUT2D eigenvalue weighted by molar-refractivity contribution is 5.94. The van der Waals surface area contributed by atoms with E-state index in [9.17, 15) is 19.2 Å². The van der Waals surface area contributed by atoms with Crippen LogP contribution in [0.3, 0.4) is 0 Å². The molecule has 0 aliphatic rings. The van der Waals surface area contributed by atoms with E-state index in [1.807, 2.05) is 30.3 Å². The number of methoxy groups -OCH3 is 2. The fourth-order valence-corrected chi connectivity index (χ4v) is 2.19. The van der Waals surface area contributed by atoms with Gasteiger partial charge in [0.1, 0.15) is 12.1 Å². The molecule has 140 valence electrons. The number of amides is 2. The summed E-state index contributed by atoms with van der Waals surface area (Å²) in [5, 5.41) is 4.82. The third kappa shape index (κ3) is 6.76. The van der Waals surface area contributed by atoms with Gasteiger partial charge in [0, 0.05) is 6.42 Å². The van der Waals surface area contributed by atoms with Gasteiger partial charge in [-0.3, -0.25) is 9.59 Å². The molecule has 0 saturated heterocycles. The highest BCUT2D eigenvalue weighted by Crippen LogP contribution is 2.06. The van der Waals surface area contributed by atoms with Crippen LogP contribution in [-0.4, -0.2) is 50.1 Å². The van der Waals surface area contributed by atoms with E-state index in [4.69, 9.17) is 4.74 Å². The van der Waals surface area contributed by atoms with Crippen LogP contribution >= 0.6 is 0 Å². The molecule has 0 aromatic heterocycles. The second-order valence-corrected chi connectivity index (χ2v) is 5.33. The molecule has 8 heteroatoms. The first-order valence-electron chi connectivity index (χ1n) is 7.83. The van der Waals surface area contributed by atoms with Crippen molar-refractivity contribution in [2.75, 3.05) is 14.2 Å². The Bertz CT molecular complexity index is 659. The Morgan fingerprint density at radius 1 is 1.00 bits per heavy atom. The standard InChI is InChI=1S/C18H22N2O6/c1-4-15(21)19-14(18(24)26-3)11-16(22)20-13(17(23)25-2)10-12-8-6-5-7-9-12/h4-9,13-14H,1,10-11H2,2-3H3,(H,19,21)(H,20,22)/t13-,14-/m0/s1. The molecule has 0 aliphatic heterocycles. The molecule has 0 heterocycles. The topological polar surface area (TPSA) is 111 Å². The van der Waals surface area contributed by atoms with Crippen molar-refractivity contribution in [2.24, 2.45) is 0 Å². The Labute approximate surface area is 151 Å². The molecule has 1 aromatic rings. The molecule has 1 aromatic carbocycles. The molecular weight excluding hydrogens is 340 g/mol. The summed E-state index contributed by atoms with van der Waals surface area (Å²) in [4.78, 5) is 47.3. The Morgan fingerprint density at radius 2 is 1.58 bits per heavy atom. The maximum Gasteiger partial charge on any atom is 0.328 e. The summed E-state index contributed by atoms with van der Waals surface area (Å²) >= 11 is 0. The minimum Gasteiger partial charge on any atom is -0.467 e. The molecule has 0 aliphatic carbocycles. The molecule has 26 heavy (non-hydrogen) atoms. The second-order valence-electron chi connectivity index (χ2n) is 5.33.